The minimum atomic E-state index is -3.90. The number of amides is 4. The normalized spacial score (nSPS) is 11.4. The van der Waals surface area contributed by atoms with Gasteiger partial charge in [-0.05, 0) is 37.1 Å². The summed E-state index contributed by atoms with van der Waals surface area (Å²) in [7, 11) is -7.81. The Labute approximate surface area is 187 Å². The Morgan fingerprint density at radius 3 is 1.25 bits per heavy atom. The second kappa shape index (κ2) is 12.1. The van der Waals surface area contributed by atoms with Crippen molar-refractivity contribution in [3.05, 3.63) is 60.7 Å². The Kier molecular flexibility index (Phi) is 9.47. The third-order valence-electron chi connectivity index (χ3n) is 4.24. The number of nitrogens with one attached hydrogen (secondary N) is 4. The molecule has 4 N–H and O–H groups in total. The van der Waals surface area contributed by atoms with Gasteiger partial charge in [0, 0.05) is 13.1 Å². The van der Waals surface area contributed by atoms with Crippen LogP contribution >= 0.6 is 0 Å². The molecule has 174 valence electrons. The van der Waals surface area contributed by atoms with Crippen molar-refractivity contribution in [1.82, 2.24) is 20.1 Å². The molecule has 0 spiro atoms. The summed E-state index contributed by atoms with van der Waals surface area (Å²) in [5.41, 5.74) is 0. The van der Waals surface area contributed by atoms with Crippen LogP contribution in [0, 0.1) is 0 Å². The van der Waals surface area contributed by atoms with Crippen LogP contribution in [0.5, 0.6) is 0 Å². The molecule has 0 aliphatic heterocycles. The maximum Gasteiger partial charge on any atom is 0.328 e. The zero-order chi connectivity index (χ0) is 23.5. The molecule has 0 aliphatic rings. The molecule has 0 fully saturated rings. The highest BCUT2D eigenvalue weighted by Crippen LogP contribution is 2.07. The lowest BCUT2D eigenvalue weighted by Crippen LogP contribution is -2.40. The molecule has 10 nitrogen and oxygen atoms in total. The van der Waals surface area contributed by atoms with Crippen LogP contribution < -0.4 is 20.1 Å². The van der Waals surface area contributed by atoms with E-state index in [0.29, 0.717) is 25.9 Å². The summed E-state index contributed by atoms with van der Waals surface area (Å²) >= 11 is 0. The smallest absolute Gasteiger partial charge is 0.328 e. The van der Waals surface area contributed by atoms with Crippen molar-refractivity contribution in [2.75, 3.05) is 13.1 Å². The summed E-state index contributed by atoms with van der Waals surface area (Å²) in [6.45, 7) is 0.582. The van der Waals surface area contributed by atoms with Gasteiger partial charge in [-0.25, -0.2) is 35.9 Å². The molecule has 0 saturated carbocycles. The summed E-state index contributed by atoms with van der Waals surface area (Å²) in [4.78, 5) is 23.5. The largest absolute Gasteiger partial charge is 0.337 e. The van der Waals surface area contributed by atoms with Crippen LogP contribution in [0.2, 0.25) is 0 Å². The standard InChI is InChI=1S/C20H26N4O6S2/c25-19(23-31(27,28)17-11-5-3-6-12-17)21-15-9-1-2-10-16-22-20(26)24-32(29,30)18-13-7-4-8-14-18/h3-8,11-14H,1-2,9-10,15-16H2,(H2,21,23,25)(H2,22,24,26). The first-order valence-corrected chi connectivity index (χ1v) is 12.9. The molecule has 0 bridgehead atoms. The number of rotatable bonds is 11. The van der Waals surface area contributed by atoms with Gasteiger partial charge in [0.15, 0.2) is 0 Å². The number of unbranched alkanes of at least 4 members (excludes halogenated alkanes) is 3. The van der Waals surface area contributed by atoms with Crippen molar-refractivity contribution < 1.29 is 26.4 Å². The molecule has 4 amide bonds. The van der Waals surface area contributed by atoms with Crippen LogP contribution in [0.15, 0.2) is 70.5 Å². The lowest BCUT2D eigenvalue weighted by molar-refractivity contribution is 0.244. The zero-order valence-electron chi connectivity index (χ0n) is 17.3. The fourth-order valence-corrected chi connectivity index (χ4v) is 4.54. The van der Waals surface area contributed by atoms with E-state index in [-0.39, 0.29) is 9.79 Å². The summed E-state index contributed by atoms with van der Waals surface area (Å²) in [5, 5.41) is 4.97. The summed E-state index contributed by atoms with van der Waals surface area (Å²) in [6.07, 6.45) is 2.70. The first kappa shape index (κ1) is 25.1. The molecule has 0 heterocycles. The number of sulfonamides is 2. The van der Waals surface area contributed by atoms with E-state index in [1.807, 2.05) is 9.44 Å². The predicted octanol–water partition coefficient (Wildman–Crippen LogP) is 1.92. The molecule has 0 unspecified atom stereocenters. The van der Waals surface area contributed by atoms with Crippen LogP contribution in [0.25, 0.3) is 0 Å². The predicted molar refractivity (Wildman–Crippen MR) is 119 cm³/mol. The Morgan fingerprint density at radius 2 is 0.906 bits per heavy atom. The number of urea groups is 2. The number of hydrogen-bond acceptors (Lipinski definition) is 6. The summed E-state index contributed by atoms with van der Waals surface area (Å²) < 4.78 is 52.0. The van der Waals surface area contributed by atoms with E-state index in [1.165, 1.54) is 24.3 Å². The van der Waals surface area contributed by atoms with E-state index in [0.717, 1.165) is 12.8 Å². The molecule has 0 saturated heterocycles. The number of carbonyl (C=O) groups excluding carboxylic acids is 2. The molecule has 12 heteroatoms. The van der Waals surface area contributed by atoms with Crippen molar-refractivity contribution in [3.63, 3.8) is 0 Å². The fourth-order valence-electron chi connectivity index (χ4n) is 2.64. The Hall–Kier alpha value is -3.12. The third kappa shape index (κ3) is 8.55. The van der Waals surface area contributed by atoms with Crippen molar-refractivity contribution in [2.24, 2.45) is 0 Å². The van der Waals surface area contributed by atoms with Crippen LogP contribution in [-0.2, 0) is 20.0 Å². The molecule has 0 atom stereocenters. The molecule has 0 aromatic heterocycles. The van der Waals surface area contributed by atoms with Crippen molar-refractivity contribution in [2.45, 2.75) is 35.5 Å². The SMILES string of the molecule is O=C(NCCCCCCNC(=O)NS(=O)(=O)c1ccccc1)NS(=O)(=O)c1ccccc1. The first-order chi connectivity index (χ1) is 15.2. The topological polar surface area (TPSA) is 151 Å². The maximum absolute atomic E-state index is 12.0. The molecular formula is C20H26N4O6S2. The quantitative estimate of drug-likeness (QED) is 0.359. The van der Waals surface area contributed by atoms with Crippen LogP contribution in [0.1, 0.15) is 25.7 Å². The van der Waals surface area contributed by atoms with E-state index in [1.54, 1.807) is 36.4 Å². The van der Waals surface area contributed by atoms with E-state index in [4.69, 9.17) is 0 Å². The van der Waals surface area contributed by atoms with E-state index in [2.05, 4.69) is 10.6 Å². The minimum Gasteiger partial charge on any atom is -0.337 e. The lowest BCUT2D eigenvalue weighted by atomic mass is 10.2. The van der Waals surface area contributed by atoms with Crippen LogP contribution in [0.3, 0.4) is 0 Å². The van der Waals surface area contributed by atoms with Gasteiger partial charge in [-0.3, -0.25) is 0 Å². The number of hydrogen-bond donors (Lipinski definition) is 4. The van der Waals surface area contributed by atoms with E-state index >= 15 is 0 Å². The van der Waals surface area contributed by atoms with Gasteiger partial charge in [-0.2, -0.15) is 0 Å². The number of benzene rings is 2. The molecule has 0 radical (unpaired) electrons. The lowest BCUT2D eigenvalue weighted by Gasteiger charge is -2.09. The maximum atomic E-state index is 12.0. The molecule has 2 aromatic carbocycles. The first-order valence-electron chi connectivity index (χ1n) is 9.92. The van der Waals surface area contributed by atoms with Gasteiger partial charge in [0.25, 0.3) is 20.0 Å². The highest BCUT2D eigenvalue weighted by molar-refractivity contribution is 7.90. The zero-order valence-corrected chi connectivity index (χ0v) is 18.9. The molecule has 2 aromatic rings. The van der Waals surface area contributed by atoms with Gasteiger partial charge in [0.05, 0.1) is 9.79 Å². The van der Waals surface area contributed by atoms with Crippen LogP contribution in [-0.4, -0.2) is 42.0 Å². The van der Waals surface area contributed by atoms with Crippen molar-refractivity contribution in [3.8, 4) is 0 Å². The van der Waals surface area contributed by atoms with Gasteiger partial charge < -0.3 is 10.6 Å². The molecular weight excluding hydrogens is 456 g/mol. The van der Waals surface area contributed by atoms with Gasteiger partial charge in [-0.1, -0.05) is 49.2 Å². The average molecular weight is 483 g/mol. The molecule has 32 heavy (non-hydrogen) atoms. The average Bonchev–Trinajstić information content (AvgIpc) is 2.76. The Bertz CT molecular complexity index is 1000. The fraction of sp³-hybridized carbons (Fsp3) is 0.300. The highest BCUT2D eigenvalue weighted by Gasteiger charge is 2.17. The van der Waals surface area contributed by atoms with E-state index in [9.17, 15) is 26.4 Å². The van der Waals surface area contributed by atoms with Gasteiger partial charge in [-0.15, -0.1) is 0 Å². The van der Waals surface area contributed by atoms with Gasteiger partial charge >= 0.3 is 12.1 Å². The minimum absolute atomic E-state index is 0.00301. The third-order valence-corrected chi connectivity index (χ3v) is 6.93. The van der Waals surface area contributed by atoms with Crippen molar-refractivity contribution >= 4 is 32.1 Å². The summed E-state index contributed by atoms with van der Waals surface area (Å²) in [6, 6.07) is 13.6. The Morgan fingerprint density at radius 1 is 0.562 bits per heavy atom. The summed E-state index contributed by atoms with van der Waals surface area (Å²) in [5.74, 6) is 0. The monoisotopic (exact) mass is 482 g/mol. The second-order valence-corrected chi connectivity index (χ2v) is 10.1. The van der Waals surface area contributed by atoms with Gasteiger partial charge in [0.2, 0.25) is 0 Å². The second-order valence-electron chi connectivity index (χ2n) is 6.76. The Balaban J connectivity index is 1.55. The number of carbonyl (C=O) groups is 2. The van der Waals surface area contributed by atoms with Gasteiger partial charge in [0.1, 0.15) is 0 Å². The molecule has 0 aliphatic carbocycles. The highest BCUT2D eigenvalue weighted by atomic mass is 32.2. The van der Waals surface area contributed by atoms with Crippen LogP contribution in [0.4, 0.5) is 9.59 Å². The van der Waals surface area contributed by atoms with Crippen molar-refractivity contribution in [1.29, 1.82) is 0 Å². The van der Waals surface area contributed by atoms with E-state index < -0.39 is 32.1 Å². The molecule has 2 rings (SSSR count).